The molecule has 0 saturated heterocycles. The summed E-state index contributed by atoms with van der Waals surface area (Å²) in [6.07, 6.45) is 3.72. The molecule has 0 aromatic rings. The zero-order valence-electron chi connectivity index (χ0n) is 6.27. The summed E-state index contributed by atoms with van der Waals surface area (Å²) in [5.74, 6) is 0.617. The Balaban J connectivity index is 3.38. The molecule has 0 aromatic carbocycles. The van der Waals surface area contributed by atoms with E-state index in [1.807, 2.05) is 0 Å². The smallest absolute Gasteiger partial charge is 0.207 e. The van der Waals surface area contributed by atoms with Gasteiger partial charge in [0.25, 0.3) is 0 Å². The van der Waals surface area contributed by atoms with Gasteiger partial charge in [0.2, 0.25) is 6.41 Å². The number of halogens is 1. The van der Waals surface area contributed by atoms with E-state index in [-0.39, 0.29) is 6.04 Å². The van der Waals surface area contributed by atoms with Crippen molar-refractivity contribution in [2.24, 2.45) is 0 Å². The van der Waals surface area contributed by atoms with Crippen LogP contribution in [0.4, 0.5) is 0 Å². The van der Waals surface area contributed by atoms with Gasteiger partial charge in [0.05, 0.1) is 0 Å². The molecule has 1 atom stereocenters. The normalized spacial score (nSPS) is 12.6. The summed E-state index contributed by atoms with van der Waals surface area (Å²) in [6.45, 7) is 2.09. The molecule has 0 spiro atoms. The van der Waals surface area contributed by atoms with E-state index in [1.54, 1.807) is 0 Å². The minimum atomic E-state index is 0.278. The van der Waals surface area contributed by atoms with Crippen molar-refractivity contribution in [1.29, 1.82) is 0 Å². The van der Waals surface area contributed by atoms with Crippen molar-refractivity contribution in [2.45, 2.75) is 32.2 Å². The minimum absolute atomic E-state index is 0.278. The van der Waals surface area contributed by atoms with Crippen molar-refractivity contribution < 1.29 is 4.79 Å². The summed E-state index contributed by atoms with van der Waals surface area (Å²) in [5, 5.41) is 2.72. The van der Waals surface area contributed by atoms with Crippen molar-refractivity contribution in [2.75, 3.05) is 5.88 Å². The Morgan fingerprint density at radius 3 is 2.70 bits per heavy atom. The summed E-state index contributed by atoms with van der Waals surface area (Å²) in [6, 6.07) is 0.278. The first-order chi connectivity index (χ1) is 4.85. The first-order valence-corrected chi connectivity index (χ1v) is 4.14. The summed E-state index contributed by atoms with van der Waals surface area (Å²) in [4.78, 5) is 10.0. The predicted molar refractivity (Wildman–Crippen MR) is 43.2 cm³/mol. The standard InChI is InChI=1S/C7H14ClNO/c1-2-3-7(4-5-8)9-6-10/h6-7H,2-5H2,1H3,(H,9,10). The summed E-state index contributed by atoms with van der Waals surface area (Å²) in [5.41, 5.74) is 0. The summed E-state index contributed by atoms with van der Waals surface area (Å²) in [7, 11) is 0. The van der Waals surface area contributed by atoms with Crippen molar-refractivity contribution in [1.82, 2.24) is 5.32 Å². The third-order valence-corrected chi connectivity index (χ3v) is 1.62. The molecule has 1 amide bonds. The third kappa shape index (κ3) is 4.62. The fourth-order valence-electron chi connectivity index (χ4n) is 0.887. The van der Waals surface area contributed by atoms with E-state index in [1.165, 1.54) is 0 Å². The first-order valence-electron chi connectivity index (χ1n) is 3.60. The van der Waals surface area contributed by atoms with Crippen LogP contribution in [0.1, 0.15) is 26.2 Å². The fraction of sp³-hybridized carbons (Fsp3) is 0.857. The average molecular weight is 164 g/mol. The first kappa shape index (κ1) is 9.76. The van der Waals surface area contributed by atoms with Gasteiger partial charge in [0, 0.05) is 11.9 Å². The molecule has 1 N–H and O–H groups in total. The van der Waals surface area contributed by atoms with Crippen LogP contribution in [0.15, 0.2) is 0 Å². The van der Waals surface area contributed by atoms with Gasteiger partial charge in [-0.3, -0.25) is 4.79 Å². The quantitative estimate of drug-likeness (QED) is 0.467. The number of nitrogens with one attached hydrogen (secondary N) is 1. The Kier molecular flexibility index (Phi) is 6.71. The van der Waals surface area contributed by atoms with Crippen molar-refractivity contribution in [3.8, 4) is 0 Å². The predicted octanol–water partition coefficient (Wildman–Crippen LogP) is 1.53. The number of rotatable bonds is 6. The van der Waals surface area contributed by atoms with E-state index in [0.717, 1.165) is 25.7 Å². The molecule has 0 aliphatic rings. The molecule has 0 rings (SSSR count). The maximum atomic E-state index is 10.0. The van der Waals surface area contributed by atoms with E-state index < -0.39 is 0 Å². The van der Waals surface area contributed by atoms with E-state index >= 15 is 0 Å². The topological polar surface area (TPSA) is 29.1 Å². The van der Waals surface area contributed by atoms with Crippen LogP contribution in [0.5, 0.6) is 0 Å². The van der Waals surface area contributed by atoms with Crippen LogP contribution in [0.3, 0.4) is 0 Å². The zero-order valence-corrected chi connectivity index (χ0v) is 7.03. The molecule has 0 aliphatic carbocycles. The van der Waals surface area contributed by atoms with E-state index in [0.29, 0.717) is 5.88 Å². The molecule has 0 aliphatic heterocycles. The van der Waals surface area contributed by atoms with Gasteiger partial charge in [-0.15, -0.1) is 11.6 Å². The molecule has 0 fully saturated rings. The molecule has 0 heterocycles. The van der Waals surface area contributed by atoms with Gasteiger partial charge >= 0.3 is 0 Å². The number of carbonyl (C=O) groups excluding carboxylic acids is 1. The number of amides is 1. The Morgan fingerprint density at radius 1 is 1.60 bits per heavy atom. The molecular formula is C7H14ClNO. The van der Waals surface area contributed by atoms with Gasteiger partial charge in [0.1, 0.15) is 0 Å². The fourth-order valence-corrected chi connectivity index (χ4v) is 1.15. The Labute approximate surface area is 66.9 Å². The van der Waals surface area contributed by atoms with E-state index in [2.05, 4.69) is 12.2 Å². The molecule has 0 radical (unpaired) electrons. The lowest BCUT2D eigenvalue weighted by atomic mass is 10.1. The highest BCUT2D eigenvalue weighted by molar-refractivity contribution is 6.17. The lowest BCUT2D eigenvalue weighted by Gasteiger charge is -2.12. The number of carbonyl (C=O) groups is 1. The summed E-state index contributed by atoms with van der Waals surface area (Å²) >= 11 is 5.51. The average Bonchev–Trinajstić information content (AvgIpc) is 1.90. The van der Waals surface area contributed by atoms with E-state index in [4.69, 9.17) is 11.6 Å². The van der Waals surface area contributed by atoms with Gasteiger partial charge in [0.15, 0.2) is 0 Å². The minimum Gasteiger partial charge on any atom is -0.356 e. The van der Waals surface area contributed by atoms with Crippen LogP contribution in [-0.2, 0) is 4.79 Å². The monoisotopic (exact) mass is 163 g/mol. The van der Waals surface area contributed by atoms with Crippen LogP contribution in [0.25, 0.3) is 0 Å². The van der Waals surface area contributed by atoms with Crippen molar-refractivity contribution in [3.05, 3.63) is 0 Å². The van der Waals surface area contributed by atoms with Crippen LogP contribution in [0, 0.1) is 0 Å². The SMILES string of the molecule is CCCC(CCCl)NC=O. The number of hydrogen-bond acceptors (Lipinski definition) is 1. The maximum absolute atomic E-state index is 10.0. The van der Waals surface area contributed by atoms with Crippen molar-refractivity contribution >= 4 is 18.0 Å². The summed E-state index contributed by atoms with van der Waals surface area (Å²) < 4.78 is 0. The number of hydrogen-bond donors (Lipinski definition) is 1. The van der Waals surface area contributed by atoms with Crippen molar-refractivity contribution in [3.63, 3.8) is 0 Å². The molecule has 2 nitrogen and oxygen atoms in total. The second kappa shape index (κ2) is 6.87. The van der Waals surface area contributed by atoms with Gasteiger partial charge < -0.3 is 5.32 Å². The highest BCUT2D eigenvalue weighted by Crippen LogP contribution is 2.01. The molecule has 60 valence electrons. The van der Waals surface area contributed by atoms with Crippen LogP contribution >= 0.6 is 11.6 Å². The molecule has 0 bridgehead atoms. The van der Waals surface area contributed by atoms with Gasteiger partial charge in [-0.1, -0.05) is 13.3 Å². The van der Waals surface area contributed by atoms with Crippen LogP contribution < -0.4 is 5.32 Å². The highest BCUT2D eigenvalue weighted by atomic mass is 35.5. The number of alkyl halides is 1. The Hall–Kier alpha value is -0.240. The molecule has 10 heavy (non-hydrogen) atoms. The Bertz CT molecular complexity index is 81.7. The van der Waals surface area contributed by atoms with Gasteiger partial charge in [-0.2, -0.15) is 0 Å². The van der Waals surface area contributed by atoms with Gasteiger partial charge in [-0.05, 0) is 12.8 Å². The molecule has 0 saturated carbocycles. The highest BCUT2D eigenvalue weighted by Gasteiger charge is 2.03. The lowest BCUT2D eigenvalue weighted by Crippen LogP contribution is -2.27. The maximum Gasteiger partial charge on any atom is 0.207 e. The third-order valence-electron chi connectivity index (χ3n) is 1.40. The van der Waals surface area contributed by atoms with Gasteiger partial charge in [-0.25, -0.2) is 0 Å². The van der Waals surface area contributed by atoms with Crippen LogP contribution in [-0.4, -0.2) is 18.3 Å². The van der Waals surface area contributed by atoms with E-state index in [9.17, 15) is 4.79 Å². The largest absolute Gasteiger partial charge is 0.356 e. The second-order valence-electron chi connectivity index (χ2n) is 2.25. The molecule has 0 aromatic heterocycles. The molecule has 1 unspecified atom stereocenters. The molecular weight excluding hydrogens is 150 g/mol. The second-order valence-corrected chi connectivity index (χ2v) is 2.63. The zero-order chi connectivity index (χ0) is 7.82. The van der Waals surface area contributed by atoms with Crippen LogP contribution in [0.2, 0.25) is 0 Å². The molecule has 3 heteroatoms. The lowest BCUT2D eigenvalue weighted by molar-refractivity contribution is -0.110. The Morgan fingerprint density at radius 2 is 2.30 bits per heavy atom.